The van der Waals surface area contributed by atoms with E-state index >= 15 is 0 Å². The molecule has 1 aliphatic heterocycles. The number of carbonyl (C=O) groups excluding carboxylic acids is 1. The van der Waals surface area contributed by atoms with Gasteiger partial charge in [-0.1, -0.05) is 37.7 Å². The van der Waals surface area contributed by atoms with Gasteiger partial charge in [0.1, 0.15) is 6.17 Å². The number of hydrogen-bond acceptors (Lipinski definition) is 3. The number of aliphatic imine (C=N–C) groups is 1. The summed E-state index contributed by atoms with van der Waals surface area (Å²) in [5, 5.41) is 0.657. The zero-order valence-electron chi connectivity index (χ0n) is 17.7. The molecule has 0 aromatic heterocycles. The molecule has 1 aliphatic rings. The molecule has 1 unspecified atom stereocenters. The van der Waals surface area contributed by atoms with Crippen LogP contribution < -0.4 is 4.90 Å². The summed E-state index contributed by atoms with van der Waals surface area (Å²) in [7, 11) is 1.84. The van der Waals surface area contributed by atoms with Crippen molar-refractivity contribution in [3.8, 4) is 0 Å². The van der Waals surface area contributed by atoms with Gasteiger partial charge in [-0.15, -0.1) is 12.4 Å². The Morgan fingerprint density at radius 2 is 1.71 bits per heavy atom. The zero-order valence-corrected chi connectivity index (χ0v) is 19.3. The summed E-state index contributed by atoms with van der Waals surface area (Å²) in [4.78, 5) is 20.5. The van der Waals surface area contributed by atoms with Gasteiger partial charge in [0.25, 0.3) is 0 Å². The van der Waals surface area contributed by atoms with Crippen LogP contribution in [0.3, 0.4) is 0 Å². The third kappa shape index (κ3) is 5.74. The Labute approximate surface area is 190 Å². The highest BCUT2D eigenvalue weighted by molar-refractivity contribution is 8.14. The van der Waals surface area contributed by atoms with E-state index in [4.69, 9.17) is 0 Å². The second-order valence-corrected chi connectivity index (χ2v) is 8.46. The van der Waals surface area contributed by atoms with Crippen LogP contribution in [0.5, 0.6) is 0 Å². The van der Waals surface area contributed by atoms with E-state index in [9.17, 15) is 18.0 Å². The van der Waals surface area contributed by atoms with Crippen molar-refractivity contribution >= 4 is 46.6 Å². The Kier molecular flexibility index (Phi) is 8.05. The summed E-state index contributed by atoms with van der Waals surface area (Å²) in [5.41, 5.74) is 1.74. The van der Waals surface area contributed by atoms with Gasteiger partial charge in [0.15, 0.2) is 5.17 Å². The average molecular weight is 472 g/mol. The predicted octanol–water partition coefficient (Wildman–Crippen LogP) is 6.30. The van der Waals surface area contributed by atoms with Crippen molar-refractivity contribution in [3.63, 3.8) is 0 Å². The minimum atomic E-state index is -4.37. The third-order valence-corrected chi connectivity index (χ3v) is 6.11. The molecule has 0 N–H and O–H groups in total. The van der Waals surface area contributed by atoms with Gasteiger partial charge in [-0.25, -0.2) is 4.99 Å². The van der Waals surface area contributed by atoms with Crippen LogP contribution in [0.1, 0.15) is 37.8 Å². The Balaban J connectivity index is 0.00000341. The number of amides is 1. The van der Waals surface area contributed by atoms with E-state index in [0.717, 1.165) is 17.8 Å². The molecule has 1 saturated heterocycles. The van der Waals surface area contributed by atoms with E-state index in [0.29, 0.717) is 22.5 Å². The van der Waals surface area contributed by atoms with Crippen LogP contribution >= 0.6 is 24.2 Å². The molecule has 168 valence electrons. The lowest BCUT2D eigenvalue weighted by Gasteiger charge is -2.33. The summed E-state index contributed by atoms with van der Waals surface area (Å²) in [5.74, 6) is 0.930. The Morgan fingerprint density at radius 3 is 2.19 bits per heavy atom. The lowest BCUT2D eigenvalue weighted by atomic mass is 10.0. The SMILES string of the molecule is CC(=O)N(c1ccc(C(C)C)cc1)C1CSC(=Nc2ccc(C(F)(F)F)cc2)N1C.Cl. The molecule has 2 aromatic carbocycles. The molecule has 0 bridgehead atoms. The van der Waals surface area contributed by atoms with E-state index < -0.39 is 11.7 Å². The Morgan fingerprint density at radius 1 is 1.13 bits per heavy atom. The molecule has 3 rings (SSSR count). The van der Waals surface area contributed by atoms with Crippen LogP contribution in [-0.4, -0.2) is 34.9 Å². The zero-order chi connectivity index (χ0) is 22.1. The summed E-state index contributed by atoms with van der Waals surface area (Å²) in [6.45, 7) is 5.76. The number of rotatable bonds is 4. The fourth-order valence-electron chi connectivity index (χ4n) is 3.27. The maximum Gasteiger partial charge on any atom is 0.416 e. The largest absolute Gasteiger partial charge is 0.416 e. The molecule has 0 radical (unpaired) electrons. The van der Waals surface area contributed by atoms with Gasteiger partial charge in [-0.3, -0.25) is 9.69 Å². The molecule has 4 nitrogen and oxygen atoms in total. The molecule has 1 atom stereocenters. The van der Waals surface area contributed by atoms with E-state index in [1.54, 1.807) is 4.90 Å². The normalized spacial score (nSPS) is 17.7. The average Bonchev–Trinajstić information content (AvgIpc) is 3.02. The first-order valence-electron chi connectivity index (χ1n) is 9.59. The van der Waals surface area contributed by atoms with E-state index in [2.05, 4.69) is 18.8 Å². The number of benzene rings is 2. The van der Waals surface area contributed by atoms with E-state index in [-0.39, 0.29) is 24.5 Å². The molecule has 1 heterocycles. The Bertz CT molecular complexity index is 931. The number of amidine groups is 1. The number of hydrogen-bond donors (Lipinski definition) is 0. The molecular weight excluding hydrogens is 447 g/mol. The summed E-state index contributed by atoms with van der Waals surface area (Å²) in [6, 6.07) is 12.7. The van der Waals surface area contributed by atoms with Gasteiger partial charge >= 0.3 is 6.18 Å². The second-order valence-electron chi connectivity index (χ2n) is 7.48. The summed E-state index contributed by atoms with van der Waals surface area (Å²) < 4.78 is 38.2. The summed E-state index contributed by atoms with van der Waals surface area (Å²) >= 11 is 1.47. The van der Waals surface area contributed by atoms with Crippen LogP contribution in [0.2, 0.25) is 0 Å². The highest BCUT2D eigenvalue weighted by Crippen LogP contribution is 2.33. The number of halogens is 4. The highest BCUT2D eigenvalue weighted by atomic mass is 35.5. The van der Waals surface area contributed by atoms with E-state index in [1.165, 1.54) is 36.4 Å². The number of alkyl halides is 3. The van der Waals surface area contributed by atoms with Crippen LogP contribution in [0.25, 0.3) is 0 Å². The first kappa shape index (κ1) is 25.1. The molecule has 9 heteroatoms. The number of anilines is 1. The van der Waals surface area contributed by atoms with Crippen LogP contribution in [0.15, 0.2) is 53.5 Å². The van der Waals surface area contributed by atoms with Gasteiger partial charge < -0.3 is 4.90 Å². The van der Waals surface area contributed by atoms with Crippen molar-refractivity contribution in [1.82, 2.24) is 4.90 Å². The lowest BCUT2D eigenvalue weighted by molar-refractivity contribution is -0.137. The maximum absolute atomic E-state index is 12.7. The van der Waals surface area contributed by atoms with Crippen molar-refractivity contribution in [2.24, 2.45) is 4.99 Å². The monoisotopic (exact) mass is 471 g/mol. The van der Waals surface area contributed by atoms with Crippen molar-refractivity contribution in [1.29, 1.82) is 0 Å². The minimum absolute atomic E-state index is 0. The second kappa shape index (κ2) is 9.96. The number of carbonyl (C=O) groups is 1. The van der Waals surface area contributed by atoms with Crippen LogP contribution in [0, 0.1) is 0 Å². The van der Waals surface area contributed by atoms with Gasteiger partial charge in [0.05, 0.1) is 11.3 Å². The fourth-order valence-corrected chi connectivity index (χ4v) is 4.43. The molecule has 2 aromatic rings. The van der Waals surface area contributed by atoms with Crippen molar-refractivity contribution in [3.05, 3.63) is 59.7 Å². The minimum Gasteiger partial charge on any atom is -0.333 e. The van der Waals surface area contributed by atoms with Gasteiger partial charge in [-0.05, 0) is 47.9 Å². The molecule has 0 saturated carbocycles. The van der Waals surface area contributed by atoms with Crippen molar-refractivity contribution in [2.75, 3.05) is 17.7 Å². The molecule has 1 fully saturated rings. The fraction of sp³-hybridized carbons (Fsp3) is 0.364. The maximum atomic E-state index is 12.7. The van der Waals surface area contributed by atoms with Gasteiger partial charge in [0, 0.05) is 25.4 Å². The van der Waals surface area contributed by atoms with Gasteiger partial charge in [-0.2, -0.15) is 13.2 Å². The molecular formula is C22H25ClF3N3OS. The first-order chi connectivity index (χ1) is 14.1. The molecule has 0 aliphatic carbocycles. The predicted molar refractivity (Wildman–Crippen MR) is 123 cm³/mol. The van der Waals surface area contributed by atoms with Crippen molar-refractivity contribution in [2.45, 2.75) is 39.0 Å². The topological polar surface area (TPSA) is 35.9 Å². The smallest absolute Gasteiger partial charge is 0.333 e. The summed E-state index contributed by atoms with van der Waals surface area (Å²) in [6.07, 6.45) is -4.60. The van der Waals surface area contributed by atoms with Crippen LogP contribution in [0.4, 0.5) is 24.5 Å². The third-order valence-electron chi connectivity index (χ3n) is 5.00. The quantitative estimate of drug-likeness (QED) is 0.525. The number of thioether (sulfide) groups is 1. The van der Waals surface area contributed by atoms with Crippen LogP contribution in [-0.2, 0) is 11.0 Å². The standard InChI is InChI=1S/C22H24F3N3OS.ClH/c1-14(2)16-5-11-19(12-6-16)28(15(3)29)20-13-30-21(27(20)4)26-18-9-7-17(8-10-18)22(23,24)25;/h5-12,14,20H,13H2,1-4H3;1H. The lowest BCUT2D eigenvalue weighted by Crippen LogP contribution is -2.48. The van der Waals surface area contributed by atoms with Gasteiger partial charge in [0.2, 0.25) is 5.91 Å². The van der Waals surface area contributed by atoms with Crippen molar-refractivity contribution < 1.29 is 18.0 Å². The molecule has 1 amide bonds. The Hall–Kier alpha value is -2.19. The molecule has 0 spiro atoms. The highest BCUT2D eigenvalue weighted by Gasteiger charge is 2.35. The van der Waals surface area contributed by atoms with E-state index in [1.807, 2.05) is 36.2 Å². The number of nitrogens with zero attached hydrogens (tertiary/aromatic N) is 3. The molecule has 31 heavy (non-hydrogen) atoms. The first-order valence-corrected chi connectivity index (χ1v) is 10.6.